The molecule has 0 aliphatic heterocycles. The van der Waals surface area contributed by atoms with Crippen molar-refractivity contribution in [3.8, 4) is 0 Å². The number of allylic oxidation sites excluding steroid dienone is 1. The lowest BCUT2D eigenvalue weighted by Gasteiger charge is -2.16. The Morgan fingerprint density at radius 3 is 1.73 bits per heavy atom. The topological polar surface area (TPSA) is 29.1 Å². The Morgan fingerprint density at radius 1 is 0.731 bits per heavy atom. The summed E-state index contributed by atoms with van der Waals surface area (Å²) in [5.41, 5.74) is 6.93. The molecule has 0 aliphatic carbocycles. The van der Waals surface area contributed by atoms with Crippen molar-refractivity contribution in [2.75, 3.05) is 5.32 Å². The smallest absolute Gasteiger partial charge is 0.221 e. The maximum absolute atomic E-state index is 11.3. The highest BCUT2D eigenvalue weighted by Crippen LogP contribution is 2.34. The summed E-state index contributed by atoms with van der Waals surface area (Å²) in [7, 11) is 0. The molecule has 0 fully saturated rings. The summed E-state index contributed by atoms with van der Waals surface area (Å²) in [6, 6.07) is 29.1. The van der Waals surface area contributed by atoms with Crippen LogP contribution in [-0.2, 0) is 4.79 Å². The zero-order chi connectivity index (χ0) is 18.4. The molecule has 26 heavy (non-hydrogen) atoms. The zero-order valence-electron chi connectivity index (χ0n) is 15.2. The number of amides is 1. The summed E-state index contributed by atoms with van der Waals surface area (Å²) in [6.45, 7) is 3.71. The van der Waals surface area contributed by atoms with Gasteiger partial charge in [-0.1, -0.05) is 79.7 Å². The molecule has 2 heteroatoms. The van der Waals surface area contributed by atoms with Crippen molar-refractivity contribution in [1.82, 2.24) is 0 Å². The van der Waals surface area contributed by atoms with Crippen molar-refractivity contribution in [1.29, 1.82) is 0 Å². The maximum atomic E-state index is 11.3. The highest BCUT2D eigenvalue weighted by molar-refractivity contribution is 5.99. The predicted octanol–water partition coefficient (Wildman–Crippen LogP) is 6.01. The Kier molecular flexibility index (Phi) is 5.65. The molecule has 0 aromatic heterocycles. The van der Waals surface area contributed by atoms with E-state index in [-0.39, 0.29) is 5.91 Å². The number of carbonyl (C=O) groups is 1. The largest absolute Gasteiger partial charge is 0.326 e. The van der Waals surface area contributed by atoms with Gasteiger partial charge < -0.3 is 5.32 Å². The third-order valence-corrected chi connectivity index (χ3v) is 4.33. The van der Waals surface area contributed by atoms with E-state index >= 15 is 0 Å². The van der Waals surface area contributed by atoms with Crippen molar-refractivity contribution in [3.63, 3.8) is 0 Å². The first-order valence-electron chi connectivity index (χ1n) is 8.91. The normalized spacial score (nSPS) is 11.6. The van der Waals surface area contributed by atoms with E-state index in [1.165, 1.54) is 29.2 Å². The molecule has 0 saturated carbocycles. The number of carbonyl (C=O) groups excluding carboxylic acids is 1. The predicted molar refractivity (Wildman–Crippen MR) is 110 cm³/mol. The molecule has 1 amide bonds. The van der Waals surface area contributed by atoms with E-state index in [0.717, 1.165) is 17.7 Å². The van der Waals surface area contributed by atoms with Gasteiger partial charge in [-0.2, -0.15) is 0 Å². The molecule has 3 rings (SSSR count). The Hall–Kier alpha value is -3.13. The molecule has 3 aromatic rings. The number of anilines is 1. The van der Waals surface area contributed by atoms with Crippen LogP contribution in [-0.4, -0.2) is 5.91 Å². The second kappa shape index (κ2) is 8.30. The van der Waals surface area contributed by atoms with Crippen LogP contribution in [0.25, 0.3) is 11.1 Å². The van der Waals surface area contributed by atoms with Crippen LogP contribution >= 0.6 is 0 Å². The van der Waals surface area contributed by atoms with E-state index in [1.807, 2.05) is 24.3 Å². The first kappa shape index (κ1) is 17.7. The van der Waals surface area contributed by atoms with Gasteiger partial charge in [-0.25, -0.2) is 0 Å². The number of benzene rings is 3. The Morgan fingerprint density at radius 2 is 1.23 bits per heavy atom. The van der Waals surface area contributed by atoms with Crippen LogP contribution in [0.4, 0.5) is 5.69 Å². The molecule has 2 nitrogen and oxygen atoms in total. The lowest BCUT2D eigenvalue weighted by molar-refractivity contribution is -0.114. The van der Waals surface area contributed by atoms with Crippen molar-refractivity contribution in [2.24, 2.45) is 0 Å². The molecule has 0 heterocycles. The molecule has 0 spiro atoms. The quantitative estimate of drug-likeness (QED) is 0.565. The maximum Gasteiger partial charge on any atom is 0.221 e. The van der Waals surface area contributed by atoms with Gasteiger partial charge in [0.05, 0.1) is 0 Å². The lowest BCUT2D eigenvalue weighted by atomic mass is 9.88. The molecule has 0 unspecified atom stereocenters. The van der Waals surface area contributed by atoms with Gasteiger partial charge in [-0.05, 0) is 46.4 Å². The second-order valence-electron chi connectivity index (χ2n) is 6.20. The van der Waals surface area contributed by atoms with Gasteiger partial charge >= 0.3 is 0 Å². The van der Waals surface area contributed by atoms with Gasteiger partial charge in [0.2, 0.25) is 5.91 Å². The molecule has 1 N–H and O–H groups in total. The third-order valence-electron chi connectivity index (χ3n) is 4.33. The number of hydrogen-bond acceptors (Lipinski definition) is 1. The summed E-state index contributed by atoms with van der Waals surface area (Å²) in [5.74, 6) is -0.0601. The first-order chi connectivity index (χ1) is 12.7. The molecular formula is C24H23NO. The van der Waals surface area contributed by atoms with Gasteiger partial charge in [0.15, 0.2) is 0 Å². The fraction of sp³-hybridized carbons (Fsp3) is 0.125. The minimum Gasteiger partial charge on any atom is -0.326 e. The molecule has 0 atom stereocenters. The van der Waals surface area contributed by atoms with Gasteiger partial charge in [-0.3, -0.25) is 4.79 Å². The van der Waals surface area contributed by atoms with E-state index in [2.05, 4.69) is 72.9 Å². The van der Waals surface area contributed by atoms with E-state index in [1.54, 1.807) is 0 Å². The van der Waals surface area contributed by atoms with E-state index in [4.69, 9.17) is 0 Å². The van der Waals surface area contributed by atoms with Gasteiger partial charge in [0.1, 0.15) is 0 Å². The fourth-order valence-corrected chi connectivity index (χ4v) is 3.21. The highest BCUT2D eigenvalue weighted by atomic mass is 16.1. The van der Waals surface area contributed by atoms with Crippen LogP contribution in [0.15, 0.2) is 84.9 Å². The third kappa shape index (κ3) is 4.09. The van der Waals surface area contributed by atoms with E-state index in [9.17, 15) is 4.79 Å². The standard InChI is InChI=1S/C24H23NO/c1-3-23(19-10-6-4-7-11-19)24(20-12-8-5-9-13-20)21-14-16-22(17-15-21)25-18(2)26/h4-17H,3H2,1-2H3,(H,25,26)/b24-23-. The molecule has 130 valence electrons. The van der Waals surface area contributed by atoms with Crippen molar-refractivity contribution in [3.05, 3.63) is 102 Å². The minimum atomic E-state index is -0.0601. The summed E-state index contributed by atoms with van der Waals surface area (Å²) in [4.78, 5) is 11.3. The highest BCUT2D eigenvalue weighted by Gasteiger charge is 2.12. The van der Waals surface area contributed by atoms with Crippen LogP contribution in [0.1, 0.15) is 37.0 Å². The molecular weight excluding hydrogens is 318 g/mol. The van der Waals surface area contributed by atoms with Gasteiger partial charge in [0, 0.05) is 12.6 Å². The van der Waals surface area contributed by atoms with Crippen molar-refractivity contribution >= 4 is 22.7 Å². The average Bonchev–Trinajstić information content (AvgIpc) is 2.68. The van der Waals surface area contributed by atoms with E-state index < -0.39 is 0 Å². The van der Waals surface area contributed by atoms with Crippen LogP contribution < -0.4 is 5.32 Å². The molecule has 0 bridgehead atoms. The van der Waals surface area contributed by atoms with Crippen LogP contribution in [0, 0.1) is 0 Å². The van der Waals surface area contributed by atoms with E-state index in [0.29, 0.717) is 0 Å². The van der Waals surface area contributed by atoms with Crippen LogP contribution in [0.3, 0.4) is 0 Å². The van der Waals surface area contributed by atoms with Crippen molar-refractivity contribution < 1.29 is 4.79 Å². The minimum absolute atomic E-state index is 0.0601. The number of rotatable bonds is 5. The van der Waals surface area contributed by atoms with Gasteiger partial charge in [0.25, 0.3) is 0 Å². The number of hydrogen-bond donors (Lipinski definition) is 1. The summed E-state index contributed by atoms with van der Waals surface area (Å²) >= 11 is 0. The molecule has 3 aromatic carbocycles. The Balaban J connectivity index is 2.16. The monoisotopic (exact) mass is 341 g/mol. The molecule has 0 aliphatic rings. The Labute approximate surface area is 155 Å². The van der Waals surface area contributed by atoms with Crippen LogP contribution in [0.5, 0.6) is 0 Å². The molecule has 0 saturated heterocycles. The second-order valence-corrected chi connectivity index (χ2v) is 6.20. The lowest BCUT2D eigenvalue weighted by Crippen LogP contribution is -2.05. The van der Waals surface area contributed by atoms with Crippen molar-refractivity contribution in [2.45, 2.75) is 20.3 Å². The zero-order valence-corrected chi connectivity index (χ0v) is 15.2. The Bertz CT molecular complexity index is 894. The summed E-state index contributed by atoms with van der Waals surface area (Å²) in [5, 5.41) is 2.83. The number of nitrogens with one attached hydrogen (secondary N) is 1. The SMILES string of the molecule is CC/C(=C(\c1ccccc1)c1ccc(NC(C)=O)cc1)c1ccccc1. The molecule has 0 radical (unpaired) electrons. The summed E-state index contributed by atoms with van der Waals surface area (Å²) < 4.78 is 0. The summed E-state index contributed by atoms with van der Waals surface area (Å²) in [6.07, 6.45) is 0.932. The average molecular weight is 341 g/mol. The first-order valence-corrected chi connectivity index (χ1v) is 8.91. The van der Waals surface area contributed by atoms with Gasteiger partial charge in [-0.15, -0.1) is 0 Å². The fourth-order valence-electron chi connectivity index (χ4n) is 3.21. The van der Waals surface area contributed by atoms with Crippen LogP contribution in [0.2, 0.25) is 0 Å².